The SMILES string of the molecule is COc1ccc(/C=C/c2ccncc2)cc1OCCCCCc1ccccc1. The standard InChI is InChI=1S/C25H27NO2/c1-27-24-14-13-23(12-11-22-15-17-26-18-16-22)20-25(24)28-19-7-3-6-10-21-8-4-2-5-9-21/h2,4-5,8-9,11-18,20H,3,6-7,10,19H2,1H3/b12-11+. The molecular formula is C25H27NO2. The van der Waals surface area contributed by atoms with Crippen molar-refractivity contribution in [2.75, 3.05) is 13.7 Å². The van der Waals surface area contributed by atoms with Crippen molar-refractivity contribution in [3.8, 4) is 11.5 Å². The molecule has 0 spiro atoms. The Balaban J connectivity index is 1.49. The van der Waals surface area contributed by atoms with E-state index in [9.17, 15) is 0 Å². The number of hydrogen-bond acceptors (Lipinski definition) is 3. The number of hydrogen-bond donors (Lipinski definition) is 0. The molecule has 0 saturated heterocycles. The Bertz CT molecular complexity index is 860. The third-order valence-corrected chi connectivity index (χ3v) is 4.57. The Morgan fingerprint density at radius 1 is 0.786 bits per heavy atom. The fourth-order valence-corrected chi connectivity index (χ4v) is 3.01. The first-order valence-electron chi connectivity index (χ1n) is 9.78. The van der Waals surface area contributed by atoms with Crippen LogP contribution >= 0.6 is 0 Å². The summed E-state index contributed by atoms with van der Waals surface area (Å²) in [7, 11) is 1.68. The molecule has 3 nitrogen and oxygen atoms in total. The highest BCUT2D eigenvalue weighted by Crippen LogP contribution is 2.29. The van der Waals surface area contributed by atoms with E-state index >= 15 is 0 Å². The molecule has 0 saturated carbocycles. The molecule has 28 heavy (non-hydrogen) atoms. The number of nitrogens with zero attached hydrogens (tertiary/aromatic N) is 1. The van der Waals surface area contributed by atoms with Gasteiger partial charge in [-0.15, -0.1) is 0 Å². The van der Waals surface area contributed by atoms with Gasteiger partial charge in [-0.25, -0.2) is 0 Å². The van der Waals surface area contributed by atoms with Crippen LogP contribution in [0.25, 0.3) is 12.2 Å². The molecule has 0 radical (unpaired) electrons. The van der Waals surface area contributed by atoms with Gasteiger partial charge in [0.05, 0.1) is 13.7 Å². The monoisotopic (exact) mass is 373 g/mol. The molecule has 0 aliphatic rings. The van der Waals surface area contributed by atoms with Crippen molar-refractivity contribution in [3.05, 3.63) is 89.7 Å². The van der Waals surface area contributed by atoms with Gasteiger partial charge < -0.3 is 9.47 Å². The van der Waals surface area contributed by atoms with Crippen molar-refractivity contribution in [1.29, 1.82) is 0 Å². The highest BCUT2D eigenvalue weighted by atomic mass is 16.5. The zero-order valence-corrected chi connectivity index (χ0v) is 16.4. The molecule has 0 N–H and O–H groups in total. The summed E-state index contributed by atoms with van der Waals surface area (Å²) < 4.78 is 11.4. The summed E-state index contributed by atoms with van der Waals surface area (Å²) in [6.07, 6.45) is 12.2. The topological polar surface area (TPSA) is 31.4 Å². The number of benzene rings is 2. The second-order valence-electron chi connectivity index (χ2n) is 6.67. The zero-order valence-electron chi connectivity index (χ0n) is 16.4. The number of unbranched alkanes of at least 4 members (excludes halogenated alkanes) is 2. The second kappa shape index (κ2) is 10.9. The van der Waals surface area contributed by atoms with Gasteiger partial charge in [-0.2, -0.15) is 0 Å². The maximum atomic E-state index is 6.00. The Hall–Kier alpha value is -3.07. The van der Waals surface area contributed by atoms with E-state index in [1.165, 1.54) is 12.0 Å². The molecule has 0 fully saturated rings. The Morgan fingerprint density at radius 2 is 1.57 bits per heavy atom. The van der Waals surface area contributed by atoms with E-state index in [0.717, 1.165) is 41.9 Å². The van der Waals surface area contributed by atoms with Gasteiger partial charge in [0, 0.05) is 12.4 Å². The summed E-state index contributed by atoms with van der Waals surface area (Å²) in [5.41, 5.74) is 3.60. The number of methoxy groups -OCH3 is 1. The van der Waals surface area contributed by atoms with Gasteiger partial charge in [0.15, 0.2) is 11.5 Å². The summed E-state index contributed by atoms with van der Waals surface area (Å²) in [4.78, 5) is 4.04. The first-order chi connectivity index (χ1) is 13.8. The van der Waals surface area contributed by atoms with Gasteiger partial charge >= 0.3 is 0 Å². The van der Waals surface area contributed by atoms with Crippen LogP contribution in [0.3, 0.4) is 0 Å². The van der Waals surface area contributed by atoms with Crippen LogP contribution in [-0.2, 0) is 6.42 Å². The summed E-state index contributed by atoms with van der Waals surface area (Å²) >= 11 is 0. The maximum Gasteiger partial charge on any atom is 0.161 e. The summed E-state index contributed by atoms with van der Waals surface area (Å²) in [6, 6.07) is 20.6. The van der Waals surface area contributed by atoms with E-state index in [-0.39, 0.29) is 0 Å². The molecule has 3 heteroatoms. The summed E-state index contributed by atoms with van der Waals surface area (Å²) in [5, 5.41) is 0. The number of rotatable bonds is 10. The molecule has 1 aromatic heterocycles. The molecule has 0 aliphatic heterocycles. The van der Waals surface area contributed by atoms with Crippen LogP contribution in [0.1, 0.15) is 36.0 Å². The van der Waals surface area contributed by atoms with Gasteiger partial charge in [0.25, 0.3) is 0 Å². The number of pyridine rings is 1. The van der Waals surface area contributed by atoms with Crippen molar-refractivity contribution < 1.29 is 9.47 Å². The average Bonchev–Trinajstić information content (AvgIpc) is 2.76. The summed E-state index contributed by atoms with van der Waals surface area (Å²) in [6.45, 7) is 0.697. The van der Waals surface area contributed by atoms with E-state index in [1.54, 1.807) is 19.5 Å². The number of ether oxygens (including phenoxy) is 2. The van der Waals surface area contributed by atoms with Crippen LogP contribution in [0, 0.1) is 0 Å². The molecule has 3 rings (SSSR count). The first kappa shape index (κ1) is 19.7. The van der Waals surface area contributed by atoms with Crippen molar-refractivity contribution >= 4 is 12.2 Å². The van der Waals surface area contributed by atoms with Crippen molar-refractivity contribution in [2.24, 2.45) is 0 Å². The third kappa shape index (κ3) is 6.27. The van der Waals surface area contributed by atoms with Crippen LogP contribution in [0.5, 0.6) is 11.5 Å². The van der Waals surface area contributed by atoms with Crippen molar-refractivity contribution in [2.45, 2.75) is 25.7 Å². The molecule has 0 amide bonds. The Morgan fingerprint density at radius 3 is 2.36 bits per heavy atom. The molecule has 0 unspecified atom stereocenters. The lowest BCUT2D eigenvalue weighted by Crippen LogP contribution is -2.00. The average molecular weight is 373 g/mol. The van der Waals surface area contributed by atoms with Gasteiger partial charge in [0.1, 0.15) is 0 Å². The van der Waals surface area contributed by atoms with E-state index in [2.05, 4.69) is 47.5 Å². The quantitative estimate of drug-likeness (QED) is 0.405. The fourth-order valence-electron chi connectivity index (χ4n) is 3.01. The van der Waals surface area contributed by atoms with E-state index < -0.39 is 0 Å². The minimum absolute atomic E-state index is 0.697. The van der Waals surface area contributed by atoms with Crippen LogP contribution < -0.4 is 9.47 Å². The van der Waals surface area contributed by atoms with E-state index in [4.69, 9.17) is 9.47 Å². The van der Waals surface area contributed by atoms with Gasteiger partial charge in [0.2, 0.25) is 0 Å². The second-order valence-corrected chi connectivity index (χ2v) is 6.67. The van der Waals surface area contributed by atoms with Gasteiger partial charge in [-0.05, 0) is 66.6 Å². The predicted octanol–water partition coefficient (Wildman–Crippen LogP) is 6.05. The lowest BCUT2D eigenvalue weighted by molar-refractivity contribution is 0.285. The lowest BCUT2D eigenvalue weighted by atomic mass is 10.1. The smallest absolute Gasteiger partial charge is 0.161 e. The zero-order chi connectivity index (χ0) is 19.4. The largest absolute Gasteiger partial charge is 0.493 e. The van der Waals surface area contributed by atoms with E-state index in [1.807, 2.05) is 30.3 Å². The van der Waals surface area contributed by atoms with Crippen molar-refractivity contribution in [1.82, 2.24) is 4.98 Å². The molecule has 3 aromatic rings. The summed E-state index contributed by atoms with van der Waals surface area (Å²) in [5.74, 6) is 1.56. The normalized spacial score (nSPS) is 10.9. The lowest BCUT2D eigenvalue weighted by Gasteiger charge is -2.11. The Kier molecular flexibility index (Phi) is 7.68. The van der Waals surface area contributed by atoms with Gasteiger partial charge in [-0.3, -0.25) is 4.98 Å². The molecular weight excluding hydrogens is 346 g/mol. The highest BCUT2D eigenvalue weighted by Gasteiger charge is 2.05. The molecule has 144 valence electrons. The van der Waals surface area contributed by atoms with Crippen LogP contribution in [0.4, 0.5) is 0 Å². The number of aromatic nitrogens is 1. The fraction of sp³-hybridized carbons (Fsp3) is 0.240. The Labute approximate surface area is 167 Å². The predicted molar refractivity (Wildman–Crippen MR) is 116 cm³/mol. The molecule has 1 heterocycles. The third-order valence-electron chi connectivity index (χ3n) is 4.57. The van der Waals surface area contributed by atoms with Crippen LogP contribution in [0.15, 0.2) is 73.1 Å². The highest BCUT2D eigenvalue weighted by molar-refractivity contribution is 5.70. The number of aryl methyl sites for hydroxylation is 1. The van der Waals surface area contributed by atoms with Crippen LogP contribution in [-0.4, -0.2) is 18.7 Å². The molecule has 2 aromatic carbocycles. The molecule has 0 bridgehead atoms. The maximum absolute atomic E-state index is 6.00. The molecule has 0 aliphatic carbocycles. The first-order valence-corrected chi connectivity index (χ1v) is 9.78. The minimum Gasteiger partial charge on any atom is -0.493 e. The van der Waals surface area contributed by atoms with Crippen LogP contribution in [0.2, 0.25) is 0 Å². The minimum atomic E-state index is 0.697. The van der Waals surface area contributed by atoms with Crippen molar-refractivity contribution in [3.63, 3.8) is 0 Å². The van der Waals surface area contributed by atoms with E-state index in [0.29, 0.717) is 6.61 Å². The molecule has 0 atom stereocenters. The van der Waals surface area contributed by atoms with Gasteiger partial charge in [-0.1, -0.05) is 48.6 Å².